The highest BCUT2D eigenvalue weighted by molar-refractivity contribution is 5.29. The first-order chi connectivity index (χ1) is 9.58. The number of methoxy groups -OCH3 is 1. The second-order valence-corrected chi connectivity index (χ2v) is 5.23. The van der Waals surface area contributed by atoms with Gasteiger partial charge in [-0.2, -0.15) is 0 Å². The molecule has 0 radical (unpaired) electrons. The SMILES string of the molecule is COc1ccc(C(CO)N(C)CCCOC(C)C)cc1. The first-order valence-electron chi connectivity index (χ1n) is 7.15. The van der Waals surface area contributed by atoms with Crippen LogP contribution in [-0.4, -0.2) is 50.0 Å². The normalized spacial score (nSPS) is 12.9. The maximum absolute atomic E-state index is 9.62. The second-order valence-electron chi connectivity index (χ2n) is 5.23. The smallest absolute Gasteiger partial charge is 0.118 e. The Bertz CT molecular complexity index is 364. The van der Waals surface area contributed by atoms with Gasteiger partial charge < -0.3 is 14.6 Å². The van der Waals surface area contributed by atoms with Gasteiger partial charge >= 0.3 is 0 Å². The third kappa shape index (κ3) is 5.49. The molecule has 4 heteroatoms. The average molecular weight is 281 g/mol. The van der Waals surface area contributed by atoms with E-state index in [4.69, 9.17) is 9.47 Å². The van der Waals surface area contributed by atoms with Crippen LogP contribution in [0.3, 0.4) is 0 Å². The van der Waals surface area contributed by atoms with E-state index < -0.39 is 0 Å². The Morgan fingerprint density at radius 1 is 1.20 bits per heavy atom. The summed E-state index contributed by atoms with van der Waals surface area (Å²) in [5.41, 5.74) is 1.10. The van der Waals surface area contributed by atoms with Crippen molar-refractivity contribution in [2.45, 2.75) is 32.4 Å². The Balaban J connectivity index is 2.50. The summed E-state index contributed by atoms with van der Waals surface area (Å²) in [6, 6.07) is 7.86. The summed E-state index contributed by atoms with van der Waals surface area (Å²) in [6.45, 7) is 5.83. The van der Waals surface area contributed by atoms with Gasteiger partial charge in [0.2, 0.25) is 0 Å². The molecule has 1 aromatic carbocycles. The molecule has 4 nitrogen and oxygen atoms in total. The minimum absolute atomic E-state index is 0.0138. The molecule has 1 atom stereocenters. The number of rotatable bonds is 9. The Kier molecular flexibility index (Phi) is 7.59. The third-order valence-electron chi connectivity index (χ3n) is 3.31. The van der Waals surface area contributed by atoms with E-state index in [-0.39, 0.29) is 18.8 Å². The van der Waals surface area contributed by atoms with Crippen LogP contribution in [0.15, 0.2) is 24.3 Å². The molecule has 0 fully saturated rings. The lowest BCUT2D eigenvalue weighted by Gasteiger charge is -2.27. The van der Waals surface area contributed by atoms with Gasteiger partial charge in [-0.1, -0.05) is 12.1 Å². The fourth-order valence-corrected chi connectivity index (χ4v) is 2.11. The predicted octanol–water partition coefficient (Wildman–Crippen LogP) is 2.48. The summed E-state index contributed by atoms with van der Waals surface area (Å²) in [5.74, 6) is 0.832. The molecule has 0 amide bonds. The van der Waals surface area contributed by atoms with Gasteiger partial charge in [0.05, 0.1) is 25.9 Å². The van der Waals surface area contributed by atoms with Crippen molar-refractivity contribution in [3.8, 4) is 5.75 Å². The molecule has 114 valence electrons. The number of ether oxygens (including phenoxy) is 2. The molecule has 0 aromatic heterocycles. The van der Waals surface area contributed by atoms with Crippen molar-refractivity contribution in [1.82, 2.24) is 4.90 Å². The van der Waals surface area contributed by atoms with Crippen molar-refractivity contribution in [2.24, 2.45) is 0 Å². The monoisotopic (exact) mass is 281 g/mol. The highest BCUT2D eigenvalue weighted by atomic mass is 16.5. The second kappa shape index (κ2) is 8.95. The van der Waals surface area contributed by atoms with Crippen molar-refractivity contribution in [2.75, 3.05) is 33.9 Å². The molecule has 1 unspecified atom stereocenters. The van der Waals surface area contributed by atoms with E-state index in [0.717, 1.165) is 30.9 Å². The van der Waals surface area contributed by atoms with Gasteiger partial charge in [-0.25, -0.2) is 0 Å². The van der Waals surface area contributed by atoms with Crippen molar-refractivity contribution < 1.29 is 14.6 Å². The predicted molar refractivity (Wildman–Crippen MR) is 81.2 cm³/mol. The van der Waals surface area contributed by atoms with Crippen molar-refractivity contribution >= 4 is 0 Å². The summed E-state index contributed by atoms with van der Waals surface area (Å²) >= 11 is 0. The van der Waals surface area contributed by atoms with E-state index >= 15 is 0 Å². The molecular weight excluding hydrogens is 254 g/mol. The topological polar surface area (TPSA) is 41.9 Å². The van der Waals surface area contributed by atoms with Crippen LogP contribution in [0.1, 0.15) is 31.9 Å². The maximum Gasteiger partial charge on any atom is 0.118 e. The first kappa shape index (κ1) is 17.0. The fraction of sp³-hybridized carbons (Fsp3) is 0.625. The standard InChI is InChI=1S/C16H27NO3/c1-13(2)20-11-5-10-17(3)16(12-18)14-6-8-15(19-4)9-7-14/h6-9,13,16,18H,5,10-12H2,1-4H3. The van der Waals surface area contributed by atoms with E-state index in [0.29, 0.717) is 0 Å². The van der Waals surface area contributed by atoms with E-state index in [1.807, 2.05) is 45.2 Å². The van der Waals surface area contributed by atoms with Crippen LogP contribution in [0.2, 0.25) is 0 Å². The van der Waals surface area contributed by atoms with Gasteiger partial charge in [0, 0.05) is 13.2 Å². The minimum Gasteiger partial charge on any atom is -0.497 e. The Labute approximate surface area is 122 Å². The van der Waals surface area contributed by atoms with E-state index in [2.05, 4.69) is 4.90 Å². The number of likely N-dealkylation sites (N-methyl/N-ethyl adjacent to an activating group) is 1. The van der Waals surface area contributed by atoms with Crippen LogP contribution < -0.4 is 4.74 Å². The van der Waals surface area contributed by atoms with Gasteiger partial charge in [0.15, 0.2) is 0 Å². The third-order valence-corrected chi connectivity index (χ3v) is 3.31. The number of hydrogen-bond donors (Lipinski definition) is 1. The quantitative estimate of drug-likeness (QED) is 0.706. The lowest BCUT2D eigenvalue weighted by Crippen LogP contribution is -2.29. The fourth-order valence-electron chi connectivity index (χ4n) is 2.11. The molecule has 1 N–H and O–H groups in total. The number of aliphatic hydroxyl groups excluding tert-OH is 1. The Morgan fingerprint density at radius 2 is 1.85 bits per heavy atom. The lowest BCUT2D eigenvalue weighted by molar-refractivity contribution is 0.0653. The molecule has 20 heavy (non-hydrogen) atoms. The van der Waals surface area contributed by atoms with Crippen LogP contribution in [0.5, 0.6) is 5.75 Å². The summed E-state index contributed by atoms with van der Waals surface area (Å²) in [6.07, 6.45) is 1.23. The molecule has 0 bridgehead atoms. The van der Waals surface area contributed by atoms with Crippen LogP contribution in [0.25, 0.3) is 0 Å². The van der Waals surface area contributed by atoms with Gasteiger partial charge in [0.1, 0.15) is 5.75 Å². The number of aliphatic hydroxyl groups is 1. The number of hydrogen-bond acceptors (Lipinski definition) is 4. The molecular formula is C16H27NO3. The molecule has 1 rings (SSSR count). The van der Waals surface area contributed by atoms with Crippen molar-refractivity contribution in [3.05, 3.63) is 29.8 Å². The molecule has 0 saturated carbocycles. The number of benzene rings is 1. The summed E-state index contributed by atoms with van der Waals surface area (Å²) in [4.78, 5) is 2.16. The Morgan fingerprint density at radius 3 is 2.35 bits per heavy atom. The zero-order valence-electron chi connectivity index (χ0n) is 13.0. The highest BCUT2D eigenvalue weighted by Crippen LogP contribution is 2.21. The Hall–Kier alpha value is -1.10. The zero-order valence-corrected chi connectivity index (χ0v) is 13.0. The van der Waals surface area contributed by atoms with Crippen LogP contribution in [-0.2, 0) is 4.74 Å². The highest BCUT2D eigenvalue weighted by Gasteiger charge is 2.15. The molecule has 0 saturated heterocycles. The van der Waals surface area contributed by atoms with E-state index in [1.165, 1.54) is 0 Å². The van der Waals surface area contributed by atoms with Crippen LogP contribution in [0, 0.1) is 0 Å². The van der Waals surface area contributed by atoms with Gasteiger partial charge in [-0.15, -0.1) is 0 Å². The van der Waals surface area contributed by atoms with Gasteiger partial charge in [-0.3, -0.25) is 4.90 Å². The van der Waals surface area contributed by atoms with Crippen LogP contribution in [0.4, 0.5) is 0 Å². The first-order valence-corrected chi connectivity index (χ1v) is 7.15. The average Bonchev–Trinajstić information content (AvgIpc) is 2.45. The zero-order chi connectivity index (χ0) is 15.0. The summed E-state index contributed by atoms with van der Waals surface area (Å²) < 4.78 is 10.7. The molecule has 0 aliphatic rings. The molecule has 0 spiro atoms. The van der Waals surface area contributed by atoms with Crippen LogP contribution >= 0.6 is 0 Å². The van der Waals surface area contributed by atoms with E-state index in [1.54, 1.807) is 7.11 Å². The van der Waals surface area contributed by atoms with Crippen molar-refractivity contribution in [1.29, 1.82) is 0 Å². The maximum atomic E-state index is 9.62. The minimum atomic E-state index is 0.0138. The lowest BCUT2D eigenvalue weighted by atomic mass is 10.1. The molecule has 0 aliphatic carbocycles. The summed E-state index contributed by atoms with van der Waals surface area (Å²) in [5, 5.41) is 9.62. The largest absolute Gasteiger partial charge is 0.497 e. The van der Waals surface area contributed by atoms with E-state index in [9.17, 15) is 5.11 Å². The molecule has 1 aromatic rings. The summed E-state index contributed by atoms with van der Waals surface area (Å²) in [7, 11) is 3.68. The van der Waals surface area contributed by atoms with Crippen molar-refractivity contribution in [3.63, 3.8) is 0 Å². The number of nitrogens with zero attached hydrogens (tertiary/aromatic N) is 1. The van der Waals surface area contributed by atoms with Gasteiger partial charge in [0.25, 0.3) is 0 Å². The molecule has 0 aliphatic heterocycles. The molecule has 0 heterocycles. The van der Waals surface area contributed by atoms with Gasteiger partial charge in [-0.05, 0) is 45.0 Å².